The van der Waals surface area contributed by atoms with Crippen molar-refractivity contribution in [3.8, 4) is 0 Å². The molecule has 0 amide bonds. The molecule has 0 rings (SSSR count). The molecule has 0 aromatic carbocycles. The van der Waals surface area contributed by atoms with Crippen molar-refractivity contribution in [1.29, 1.82) is 0 Å². The van der Waals surface area contributed by atoms with Crippen molar-refractivity contribution in [2.45, 2.75) is 65.3 Å². The van der Waals surface area contributed by atoms with Crippen LogP contribution in [0.15, 0.2) is 0 Å². The Kier molecular flexibility index (Phi) is 5.10. The maximum absolute atomic E-state index is 6.14. The van der Waals surface area contributed by atoms with Gasteiger partial charge in [0, 0.05) is 6.10 Å². The summed E-state index contributed by atoms with van der Waals surface area (Å²) in [5, 5.41) is 0. The molecular formula is C10H24OSi. The summed E-state index contributed by atoms with van der Waals surface area (Å²) >= 11 is 0. The highest BCUT2D eigenvalue weighted by Crippen LogP contribution is 2.30. The fourth-order valence-electron chi connectivity index (χ4n) is 1.84. The maximum atomic E-state index is 6.14. The lowest BCUT2D eigenvalue weighted by Crippen LogP contribution is -2.42. The van der Waals surface area contributed by atoms with Gasteiger partial charge in [-0.15, -0.1) is 0 Å². The van der Waals surface area contributed by atoms with Crippen LogP contribution in [0.1, 0.15) is 41.5 Å². The minimum absolute atomic E-state index is 0.402. The zero-order valence-electron chi connectivity index (χ0n) is 9.48. The van der Waals surface area contributed by atoms with Crippen molar-refractivity contribution >= 4 is 8.32 Å². The first-order valence-corrected chi connectivity index (χ1v) is 7.56. The van der Waals surface area contributed by atoms with Crippen LogP contribution in [-0.2, 0) is 4.43 Å². The Morgan fingerprint density at radius 1 is 1.00 bits per heavy atom. The van der Waals surface area contributed by atoms with Crippen LogP contribution in [0.5, 0.6) is 0 Å². The van der Waals surface area contributed by atoms with Gasteiger partial charge in [0.05, 0.1) is 0 Å². The first-order chi connectivity index (χ1) is 5.48. The minimum Gasteiger partial charge on any atom is -0.414 e. The van der Waals surface area contributed by atoms with E-state index in [2.05, 4.69) is 41.5 Å². The summed E-state index contributed by atoms with van der Waals surface area (Å²) in [7, 11) is -1.38. The normalized spacial score (nSPS) is 13.0. The van der Waals surface area contributed by atoms with Gasteiger partial charge in [0.2, 0.25) is 0 Å². The Balaban J connectivity index is 4.35. The van der Waals surface area contributed by atoms with Gasteiger partial charge in [-0.05, 0) is 31.5 Å². The second kappa shape index (κ2) is 5.03. The molecule has 2 heteroatoms. The molecule has 0 radical (unpaired) electrons. The topological polar surface area (TPSA) is 9.23 Å². The van der Waals surface area contributed by atoms with E-state index in [-0.39, 0.29) is 0 Å². The van der Waals surface area contributed by atoms with Gasteiger partial charge in [0.15, 0.2) is 8.32 Å². The fourth-order valence-corrected chi connectivity index (χ4v) is 5.52. The van der Waals surface area contributed by atoms with Crippen LogP contribution in [0, 0.1) is 0 Å². The monoisotopic (exact) mass is 188 g/mol. The zero-order valence-corrected chi connectivity index (χ0v) is 10.5. The predicted molar refractivity (Wildman–Crippen MR) is 58.0 cm³/mol. The van der Waals surface area contributed by atoms with Crippen molar-refractivity contribution in [1.82, 2.24) is 0 Å². The van der Waals surface area contributed by atoms with Crippen LogP contribution >= 0.6 is 0 Å². The molecule has 0 aliphatic rings. The number of rotatable bonds is 5. The molecule has 0 atom stereocenters. The van der Waals surface area contributed by atoms with Crippen molar-refractivity contribution in [3.05, 3.63) is 0 Å². The molecule has 0 saturated heterocycles. The van der Waals surface area contributed by atoms with Crippen LogP contribution in [0.25, 0.3) is 0 Å². The number of hydrogen-bond donors (Lipinski definition) is 0. The molecule has 0 unspecified atom stereocenters. The average Bonchev–Trinajstić information content (AvgIpc) is 1.99. The highest BCUT2D eigenvalue weighted by Gasteiger charge is 2.35. The quantitative estimate of drug-likeness (QED) is 0.596. The van der Waals surface area contributed by atoms with E-state index in [9.17, 15) is 0 Å². The standard InChI is InChI=1S/C10H24OSi/c1-7-12(8-2,10(5)6)11-9(3)4/h9-10H,7-8H2,1-6H3. The van der Waals surface area contributed by atoms with Crippen molar-refractivity contribution < 1.29 is 4.43 Å². The van der Waals surface area contributed by atoms with Gasteiger partial charge in [-0.2, -0.15) is 0 Å². The lowest BCUT2D eigenvalue weighted by molar-refractivity contribution is 0.220. The largest absolute Gasteiger partial charge is 0.414 e. The Morgan fingerprint density at radius 2 is 1.42 bits per heavy atom. The molecule has 12 heavy (non-hydrogen) atoms. The Bertz CT molecular complexity index is 117. The summed E-state index contributed by atoms with van der Waals surface area (Å²) < 4.78 is 6.14. The Hall–Kier alpha value is 0.177. The van der Waals surface area contributed by atoms with Crippen LogP contribution in [0.3, 0.4) is 0 Å². The second-order valence-corrected chi connectivity index (χ2v) is 9.03. The van der Waals surface area contributed by atoms with Gasteiger partial charge < -0.3 is 4.43 Å². The molecule has 0 saturated carbocycles. The average molecular weight is 188 g/mol. The molecule has 0 fully saturated rings. The molecule has 0 bridgehead atoms. The van der Waals surface area contributed by atoms with E-state index in [1.54, 1.807) is 0 Å². The predicted octanol–water partition coefficient (Wildman–Crippen LogP) is 3.81. The molecule has 0 heterocycles. The van der Waals surface area contributed by atoms with Gasteiger partial charge >= 0.3 is 0 Å². The lowest BCUT2D eigenvalue weighted by Gasteiger charge is -2.35. The van der Waals surface area contributed by atoms with Crippen molar-refractivity contribution in [3.63, 3.8) is 0 Å². The first kappa shape index (κ1) is 12.2. The maximum Gasteiger partial charge on any atom is 0.195 e. The van der Waals surface area contributed by atoms with Crippen LogP contribution < -0.4 is 0 Å². The third-order valence-electron chi connectivity index (χ3n) is 2.72. The zero-order chi connectivity index (χ0) is 9.78. The van der Waals surface area contributed by atoms with Crippen LogP contribution in [0.2, 0.25) is 17.6 Å². The van der Waals surface area contributed by atoms with Crippen LogP contribution in [0.4, 0.5) is 0 Å². The molecule has 0 aliphatic carbocycles. The molecule has 0 aromatic heterocycles. The summed E-state index contributed by atoms with van der Waals surface area (Å²) in [5.41, 5.74) is 0.745. The van der Waals surface area contributed by atoms with E-state index in [1.807, 2.05) is 0 Å². The van der Waals surface area contributed by atoms with Gasteiger partial charge in [-0.25, -0.2) is 0 Å². The summed E-state index contributed by atoms with van der Waals surface area (Å²) in [6.07, 6.45) is 0.402. The van der Waals surface area contributed by atoms with Crippen molar-refractivity contribution in [2.24, 2.45) is 0 Å². The third kappa shape index (κ3) is 2.90. The van der Waals surface area contributed by atoms with E-state index in [4.69, 9.17) is 4.43 Å². The Morgan fingerprint density at radius 3 is 1.50 bits per heavy atom. The van der Waals surface area contributed by atoms with Gasteiger partial charge in [-0.1, -0.05) is 27.7 Å². The third-order valence-corrected chi connectivity index (χ3v) is 8.16. The Labute approximate surface area is 78.6 Å². The number of hydrogen-bond acceptors (Lipinski definition) is 1. The van der Waals surface area contributed by atoms with Crippen LogP contribution in [-0.4, -0.2) is 14.4 Å². The molecule has 1 nitrogen and oxygen atoms in total. The molecule has 0 spiro atoms. The molecular weight excluding hydrogens is 164 g/mol. The van der Waals surface area contributed by atoms with Gasteiger partial charge in [0.1, 0.15) is 0 Å². The summed E-state index contributed by atoms with van der Waals surface area (Å²) in [6.45, 7) is 13.5. The summed E-state index contributed by atoms with van der Waals surface area (Å²) in [6, 6.07) is 2.50. The van der Waals surface area contributed by atoms with Gasteiger partial charge in [0.25, 0.3) is 0 Å². The summed E-state index contributed by atoms with van der Waals surface area (Å²) in [5.74, 6) is 0. The van der Waals surface area contributed by atoms with Crippen molar-refractivity contribution in [2.75, 3.05) is 0 Å². The van der Waals surface area contributed by atoms with E-state index in [0.29, 0.717) is 6.10 Å². The van der Waals surface area contributed by atoms with E-state index in [1.165, 1.54) is 12.1 Å². The highest BCUT2D eigenvalue weighted by atomic mass is 28.4. The highest BCUT2D eigenvalue weighted by molar-refractivity contribution is 6.75. The van der Waals surface area contributed by atoms with Gasteiger partial charge in [-0.3, -0.25) is 0 Å². The SMILES string of the molecule is CC[Si](CC)(OC(C)C)C(C)C. The van der Waals surface area contributed by atoms with E-state index in [0.717, 1.165) is 5.54 Å². The summed E-state index contributed by atoms with van der Waals surface area (Å²) in [4.78, 5) is 0. The molecule has 0 aliphatic heterocycles. The fraction of sp³-hybridized carbons (Fsp3) is 1.00. The van der Waals surface area contributed by atoms with E-state index < -0.39 is 8.32 Å². The molecule has 0 N–H and O–H groups in total. The van der Waals surface area contributed by atoms with E-state index >= 15 is 0 Å². The molecule has 74 valence electrons. The molecule has 0 aromatic rings. The minimum atomic E-state index is -1.38. The smallest absolute Gasteiger partial charge is 0.195 e. The lowest BCUT2D eigenvalue weighted by atomic mass is 10.5. The first-order valence-electron chi connectivity index (χ1n) is 5.16. The second-order valence-electron chi connectivity index (χ2n) is 4.09.